The molecule has 1 aromatic rings. The summed E-state index contributed by atoms with van der Waals surface area (Å²) in [6, 6.07) is 2.40. The largest absolute Gasteiger partial charge is 0.506 e. The number of rotatable bonds is 5. The molecular formula is C14H12F3N3O6. The van der Waals surface area contributed by atoms with Crippen LogP contribution in [-0.2, 0) is 4.79 Å². The fourth-order valence-electron chi connectivity index (χ4n) is 1.93. The molecule has 1 rings (SSSR count). The second kappa shape index (κ2) is 7.60. The van der Waals surface area contributed by atoms with Gasteiger partial charge in [0, 0.05) is 18.2 Å². The van der Waals surface area contributed by atoms with E-state index in [0.29, 0.717) is 12.1 Å². The second-order valence-corrected chi connectivity index (χ2v) is 4.89. The van der Waals surface area contributed by atoms with Gasteiger partial charge < -0.3 is 20.2 Å². The number of aliphatic hydroxyl groups is 1. The lowest BCUT2D eigenvalue weighted by Gasteiger charge is -2.22. The maximum Gasteiger partial charge on any atom is 0.406 e. The summed E-state index contributed by atoms with van der Waals surface area (Å²) in [7, 11) is 0. The van der Waals surface area contributed by atoms with Crippen molar-refractivity contribution in [2.24, 2.45) is 0 Å². The van der Waals surface area contributed by atoms with Crippen molar-refractivity contribution in [3.63, 3.8) is 0 Å². The van der Waals surface area contributed by atoms with Gasteiger partial charge in [-0.15, -0.1) is 0 Å². The summed E-state index contributed by atoms with van der Waals surface area (Å²) in [5.74, 6) is -4.80. The van der Waals surface area contributed by atoms with Gasteiger partial charge in [-0.05, 0) is 13.0 Å². The number of aromatic hydroxyl groups is 2. The van der Waals surface area contributed by atoms with E-state index in [1.807, 2.05) is 0 Å². The molecule has 3 N–H and O–H groups in total. The Hall–Kier alpha value is -3.49. The van der Waals surface area contributed by atoms with E-state index < -0.39 is 64.2 Å². The standard InChI is InChI=1S/C14H12F3N3O6/c1-2-19(6-14(15,16)17)13(24)8(5-18)11(22)7-3-9(20(25)26)12(23)10(21)4-7/h3-4,21-23H,2,6H2,1H3/b11-8-. The number of hydrogen-bond donors (Lipinski definition) is 3. The Morgan fingerprint density at radius 1 is 1.38 bits per heavy atom. The molecule has 0 atom stereocenters. The zero-order chi connectivity index (χ0) is 20.2. The van der Waals surface area contributed by atoms with Crippen molar-refractivity contribution in [3.05, 3.63) is 33.4 Å². The fourth-order valence-corrected chi connectivity index (χ4v) is 1.93. The molecule has 0 aromatic heterocycles. The van der Waals surface area contributed by atoms with Crippen molar-refractivity contribution in [2.45, 2.75) is 13.1 Å². The summed E-state index contributed by atoms with van der Waals surface area (Å²) in [6.07, 6.45) is -4.75. The van der Waals surface area contributed by atoms with Crippen molar-refractivity contribution >= 4 is 17.4 Å². The van der Waals surface area contributed by atoms with E-state index in [9.17, 15) is 43.4 Å². The van der Waals surface area contributed by atoms with Crippen LogP contribution in [0.4, 0.5) is 18.9 Å². The number of carbonyl (C=O) groups is 1. The minimum Gasteiger partial charge on any atom is -0.506 e. The van der Waals surface area contributed by atoms with E-state index in [-0.39, 0.29) is 4.90 Å². The first kappa shape index (κ1) is 20.6. The lowest BCUT2D eigenvalue weighted by molar-refractivity contribution is -0.386. The third kappa shape index (κ3) is 4.53. The molecule has 0 aliphatic rings. The molecule has 0 aliphatic heterocycles. The highest BCUT2D eigenvalue weighted by atomic mass is 19.4. The summed E-state index contributed by atoms with van der Waals surface area (Å²) in [5.41, 5.74) is -2.77. The Morgan fingerprint density at radius 2 is 1.96 bits per heavy atom. The molecule has 9 nitrogen and oxygen atoms in total. The summed E-state index contributed by atoms with van der Waals surface area (Å²) in [5, 5.41) is 48.7. The predicted molar refractivity (Wildman–Crippen MR) is 79.9 cm³/mol. The molecule has 0 spiro atoms. The van der Waals surface area contributed by atoms with E-state index in [0.717, 1.165) is 0 Å². The molecule has 0 saturated carbocycles. The number of halogens is 3. The summed E-state index contributed by atoms with van der Waals surface area (Å²) in [4.78, 5) is 22.0. The lowest BCUT2D eigenvalue weighted by atomic mass is 10.1. The Labute approximate surface area is 144 Å². The van der Waals surface area contributed by atoms with E-state index in [1.165, 1.54) is 13.0 Å². The topological polar surface area (TPSA) is 148 Å². The maximum absolute atomic E-state index is 12.5. The summed E-state index contributed by atoms with van der Waals surface area (Å²) < 4.78 is 37.5. The molecule has 1 aromatic carbocycles. The fraction of sp³-hybridized carbons (Fsp3) is 0.286. The molecule has 0 radical (unpaired) electrons. The Kier molecular flexibility index (Phi) is 6.01. The molecule has 1 amide bonds. The minimum atomic E-state index is -4.75. The average Bonchev–Trinajstić information content (AvgIpc) is 2.54. The third-order valence-electron chi connectivity index (χ3n) is 3.14. The van der Waals surface area contributed by atoms with Crippen LogP contribution in [0.2, 0.25) is 0 Å². The number of nitro benzene ring substituents is 1. The smallest absolute Gasteiger partial charge is 0.406 e. The Bertz CT molecular complexity index is 813. The molecule has 26 heavy (non-hydrogen) atoms. The first-order valence-corrected chi connectivity index (χ1v) is 6.83. The van der Waals surface area contributed by atoms with Gasteiger partial charge in [0.25, 0.3) is 5.91 Å². The Balaban J connectivity index is 3.46. The van der Waals surface area contributed by atoms with Crippen molar-refractivity contribution in [1.29, 1.82) is 5.26 Å². The highest BCUT2D eigenvalue weighted by Crippen LogP contribution is 2.38. The van der Waals surface area contributed by atoms with Gasteiger partial charge in [-0.25, -0.2) is 0 Å². The first-order chi connectivity index (χ1) is 11.9. The summed E-state index contributed by atoms with van der Waals surface area (Å²) in [6.45, 7) is -0.896. The minimum absolute atomic E-state index is 0.240. The molecule has 0 bridgehead atoms. The molecule has 0 unspecified atom stereocenters. The van der Waals surface area contributed by atoms with Gasteiger partial charge in [-0.2, -0.15) is 18.4 Å². The molecule has 0 heterocycles. The maximum atomic E-state index is 12.5. The lowest BCUT2D eigenvalue weighted by Crippen LogP contribution is -2.39. The number of likely N-dealkylation sites (N-methyl/N-ethyl adjacent to an activating group) is 1. The van der Waals surface area contributed by atoms with Crippen LogP contribution >= 0.6 is 0 Å². The number of phenols is 2. The number of hydrogen-bond acceptors (Lipinski definition) is 7. The molecule has 0 saturated heterocycles. The second-order valence-electron chi connectivity index (χ2n) is 4.89. The zero-order valence-electron chi connectivity index (χ0n) is 13.1. The number of nitrogens with zero attached hydrogens (tertiary/aromatic N) is 3. The highest BCUT2D eigenvalue weighted by Gasteiger charge is 2.34. The number of carbonyl (C=O) groups excluding carboxylic acids is 1. The molecular weight excluding hydrogens is 363 g/mol. The van der Waals surface area contributed by atoms with Crippen LogP contribution in [0.5, 0.6) is 11.5 Å². The number of nitro groups is 1. The first-order valence-electron chi connectivity index (χ1n) is 6.83. The van der Waals surface area contributed by atoms with E-state index in [4.69, 9.17) is 5.26 Å². The molecule has 0 aliphatic carbocycles. The predicted octanol–water partition coefficient (Wildman–Crippen LogP) is 2.21. The van der Waals surface area contributed by atoms with Crippen molar-refractivity contribution in [3.8, 4) is 17.6 Å². The molecule has 12 heteroatoms. The van der Waals surface area contributed by atoms with Crippen LogP contribution < -0.4 is 0 Å². The number of aliphatic hydroxyl groups excluding tert-OH is 1. The number of alkyl halides is 3. The third-order valence-corrected chi connectivity index (χ3v) is 3.14. The van der Waals surface area contributed by atoms with Crippen LogP contribution in [0.25, 0.3) is 5.76 Å². The molecule has 140 valence electrons. The zero-order valence-corrected chi connectivity index (χ0v) is 13.1. The number of phenolic OH excluding ortho intramolecular Hbond substituents is 2. The SMILES string of the molecule is CCN(CC(F)(F)F)C(=O)/C(C#N)=C(\O)c1cc(O)c(O)c([N+](=O)[O-])c1. The number of amides is 1. The van der Waals surface area contributed by atoms with Crippen LogP contribution in [0.3, 0.4) is 0 Å². The number of benzene rings is 1. The van der Waals surface area contributed by atoms with E-state index in [1.54, 1.807) is 0 Å². The van der Waals surface area contributed by atoms with Gasteiger partial charge in [-0.3, -0.25) is 14.9 Å². The van der Waals surface area contributed by atoms with Crippen molar-refractivity contribution in [2.75, 3.05) is 13.1 Å². The summed E-state index contributed by atoms with van der Waals surface area (Å²) >= 11 is 0. The quantitative estimate of drug-likeness (QED) is 0.178. The van der Waals surface area contributed by atoms with Crippen LogP contribution in [0, 0.1) is 21.4 Å². The van der Waals surface area contributed by atoms with E-state index in [2.05, 4.69) is 0 Å². The molecule has 0 fully saturated rings. The van der Waals surface area contributed by atoms with Gasteiger partial charge in [0.15, 0.2) is 11.3 Å². The highest BCUT2D eigenvalue weighted by molar-refractivity contribution is 6.03. The van der Waals surface area contributed by atoms with Gasteiger partial charge in [0.1, 0.15) is 18.4 Å². The van der Waals surface area contributed by atoms with Gasteiger partial charge in [-0.1, -0.05) is 0 Å². The average molecular weight is 375 g/mol. The number of nitriles is 1. The van der Waals surface area contributed by atoms with Crippen LogP contribution in [-0.4, -0.2) is 50.3 Å². The van der Waals surface area contributed by atoms with E-state index >= 15 is 0 Å². The van der Waals surface area contributed by atoms with Crippen LogP contribution in [0.15, 0.2) is 17.7 Å². The van der Waals surface area contributed by atoms with Gasteiger partial charge in [0.2, 0.25) is 5.75 Å². The monoisotopic (exact) mass is 375 g/mol. The van der Waals surface area contributed by atoms with Crippen LogP contribution in [0.1, 0.15) is 12.5 Å². The van der Waals surface area contributed by atoms with Gasteiger partial charge in [0.05, 0.1) is 4.92 Å². The Morgan fingerprint density at radius 3 is 2.38 bits per heavy atom. The normalized spacial score (nSPS) is 12.1. The van der Waals surface area contributed by atoms with Crippen molar-refractivity contribution < 1.29 is 38.2 Å². The van der Waals surface area contributed by atoms with Crippen molar-refractivity contribution in [1.82, 2.24) is 4.90 Å². The van der Waals surface area contributed by atoms with Gasteiger partial charge >= 0.3 is 11.9 Å².